The number of carbonyl (C=O) groups is 3. The van der Waals surface area contributed by atoms with E-state index in [1.807, 2.05) is 0 Å². The van der Waals surface area contributed by atoms with E-state index in [4.69, 9.17) is 4.74 Å². The van der Waals surface area contributed by atoms with E-state index >= 15 is 0 Å². The highest BCUT2D eigenvalue weighted by atomic mass is 16.5. The van der Waals surface area contributed by atoms with Crippen molar-refractivity contribution in [1.29, 1.82) is 0 Å². The first-order valence-electron chi connectivity index (χ1n) is 4.90. The average molecular weight is 227 g/mol. The normalized spacial score (nSPS) is 9.44. The average Bonchev–Trinajstić information content (AvgIpc) is 2.15. The number of ether oxygens (including phenoxy) is 1. The third-order valence-corrected chi connectivity index (χ3v) is 1.83. The third-order valence-electron chi connectivity index (χ3n) is 1.83. The fourth-order valence-corrected chi connectivity index (χ4v) is 0.871. The van der Waals surface area contributed by atoms with Crippen LogP contribution in [0.15, 0.2) is 12.2 Å². The van der Waals surface area contributed by atoms with Gasteiger partial charge in [-0.15, -0.1) is 0 Å². The quantitative estimate of drug-likeness (QED) is 0.377. The van der Waals surface area contributed by atoms with Crippen molar-refractivity contribution in [1.82, 2.24) is 4.90 Å². The molecule has 0 fully saturated rings. The van der Waals surface area contributed by atoms with E-state index in [0.29, 0.717) is 5.57 Å². The number of Topliss-reactive ketones (excluding diaryl/α,β-unsaturated/α-hetero) is 1. The highest BCUT2D eigenvalue weighted by molar-refractivity contribution is 5.96. The van der Waals surface area contributed by atoms with Crippen LogP contribution in [0.3, 0.4) is 0 Å². The van der Waals surface area contributed by atoms with E-state index in [-0.39, 0.29) is 31.3 Å². The van der Waals surface area contributed by atoms with Gasteiger partial charge in [0.2, 0.25) is 5.91 Å². The Morgan fingerprint density at radius 1 is 1.25 bits per heavy atom. The van der Waals surface area contributed by atoms with Crippen LogP contribution in [0.25, 0.3) is 0 Å². The minimum Gasteiger partial charge on any atom is -0.460 e. The number of hydrogen-bond donors (Lipinski definition) is 0. The first-order chi connectivity index (χ1) is 7.34. The van der Waals surface area contributed by atoms with Gasteiger partial charge in [-0.3, -0.25) is 9.59 Å². The first kappa shape index (κ1) is 14.3. The Labute approximate surface area is 95.1 Å². The number of nitrogens with zero attached hydrogens (tertiary/aromatic N) is 1. The topological polar surface area (TPSA) is 63.7 Å². The molecule has 16 heavy (non-hydrogen) atoms. The Balaban J connectivity index is 3.85. The SMILES string of the molecule is C=C(C)C(=O)OCCN(C)C(=O)CC(C)=O. The van der Waals surface area contributed by atoms with Gasteiger partial charge in [0, 0.05) is 12.6 Å². The largest absolute Gasteiger partial charge is 0.460 e. The highest BCUT2D eigenvalue weighted by Crippen LogP contribution is 1.95. The number of rotatable bonds is 6. The zero-order valence-corrected chi connectivity index (χ0v) is 9.91. The lowest BCUT2D eigenvalue weighted by molar-refractivity contribution is -0.142. The summed E-state index contributed by atoms with van der Waals surface area (Å²) < 4.78 is 4.81. The Bertz CT molecular complexity index is 309. The predicted octanol–water partition coefficient (Wildman–Crippen LogP) is 0.543. The summed E-state index contributed by atoms with van der Waals surface area (Å²) in [6.45, 7) is 6.70. The van der Waals surface area contributed by atoms with Gasteiger partial charge in [0.25, 0.3) is 0 Å². The Kier molecular flexibility index (Phi) is 6.07. The Morgan fingerprint density at radius 3 is 2.25 bits per heavy atom. The first-order valence-corrected chi connectivity index (χ1v) is 4.90. The van der Waals surface area contributed by atoms with Gasteiger partial charge in [-0.25, -0.2) is 4.79 Å². The van der Waals surface area contributed by atoms with Crippen LogP contribution < -0.4 is 0 Å². The highest BCUT2D eigenvalue weighted by Gasteiger charge is 2.11. The monoisotopic (exact) mass is 227 g/mol. The van der Waals surface area contributed by atoms with Gasteiger partial charge in [-0.2, -0.15) is 0 Å². The van der Waals surface area contributed by atoms with Crippen molar-refractivity contribution in [2.24, 2.45) is 0 Å². The zero-order chi connectivity index (χ0) is 12.7. The molecule has 0 saturated carbocycles. The smallest absolute Gasteiger partial charge is 0.333 e. The number of amides is 1. The second-order valence-corrected chi connectivity index (χ2v) is 3.61. The minimum absolute atomic E-state index is 0.103. The molecule has 0 unspecified atom stereocenters. The number of hydrogen-bond acceptors (Lipinski definition) is 4. The van der Waals surface area contributed by atoms with Crippen molar-refractivity contribution in [2.75, 3.05) is 20.2 Å². The maximum atomic E-state index is 11.3. The van der Waals surface area contributed by atoms with Crippen LogP contribution in [0, 0.1) is 0 Å². The van der Waals surface area contributed by atoms with Gasteiger partial charge in [0.15, 0.2) is 0 Å². The fourth-order valence-electron chi connectivity index (χ4n) is 0.871. The molecule has 0 radical (unpaired) electrons. The van der Waals surface area contributed by atoms with Crippen LogP contribution in [0.1, 0.15) is 20.3 Å². The summed E-state index contributed by atoms with van der Waals surface area (Å²) in [6.07, 6.45) is -0.120. The number of ketones is 1. The molecule has 1 amide bonds. The molecular formula is C11H17NO4. The van der Waals surface area contributed by atoms with Gasteiger partial charge in [-0.05, 0) is 13.8 Å². The summed E-state index contributed by atoms with van der Waals surface area (Å²) in [4.78, 5) is 34.3. The number of carbonyl (C=O) groups excluding carboxylic acids is 3. The summed E-state index contributed by atoms with van der Waals surface area (Å²) in [5.74, 6) is -0.943. The van der Waals surface area contributed by atoms with Crippen molar-refractivity contribution in [3.8, 4) is 0 Å². The van der Waals surface area contributed by atoms with E-state index < -0.39 is 5.97 Å². The molecular weight excluding hydrogens is 210 g/mol. The fraction of sp³-hybridized carbons (Fsp3) is 0.545. The third kappa shape index (κ3) is 5.95. The summed E-state index contributed by atoms with van der Waals surface area (Å²) in [5, 5.41) is 0. The molecule has 90 valence electrons. The second kappa shape index (κ2) is 6.76. The Morgan fingerprint density at radius 2 is 1.81 bits per heavy atom. The van der Waals surface area contributed by atoms with Gasteiger partial charge in [0.1, 0.15) is 12.4 Å². The van der Waals surface area contributed by atoms with E-state index in [0.717, 1.165) is 0 Å². The van der Waals surface area contributed by atoms with Gasteiger partial charge in [-0.1, -0.05) is 6.58 Å². The number of likely N-dealkylation sites (N-methyl/N-ethyl adjacent to an activating group) is 1. The van der Waals surface area contributed by atoms with Crippen molar-refractivity contribution >= 4 is 17.7 Å². The van der Waals surface area contributed by atoms with Crippen LogP contribution in [0.5, 0.6) is 0 Å². The molecule has 0 saturated heterocycles. The summed E-state index contributed by atoms with van der Waals surface area (Å²) >= 11 is 0. The zero-order valence-electron chi connectivity index (χ0n) is 9.91. The standard InChI is InChI=1S/C11H17NO4/c1-8(2)11(15)16-6-5-12(4)10(14)7-9(3)13/h1,5-7H2,2-4H3. The lowest BCUT2D eigenvalue weighted by Crippen LogP contribution is -2.31. The van der Waals surface area contributed by atoms with Gasteiger partial charge < -0.3 is 9.64 Å². The molecule has 0 aromatic rings. The van der Waals surface area contributed by atoms with Crippen LogP contribution in [0.2, 0.25) is 0 Å². The molecule has 0 spiro atoms. The molecule has 0 heterocycles. The lowest BCUT2D eigenvalue weighted by atomic mass is 10.3. The Hall–Kier alpha value is -1.65. The predicted molar refractivity (Wildman–Crippen MR) is 58.7 cm³/mol. The van der Waals surface area contributed by atoms with Crippen molar-refractivity contribution in [3.63, 3.8) is 0 Å². The molecule has 0 bridgehead atoms. The molecule has 0 aliphatic carbocycles. The van der Waals surface area contributed by atoms with E-state index in [2.05, 4.69) is 6.58 Å². The van der Waals surface area contributed by atoms with Crippen LogP contribution >= 0.6 is 0 Å². The summed E-state index contributed by atoms with van der Waals surface area (Å²) in [6, 6.07) is 0. The van der Waals surface area contributed by atoms with Crippen LogP contribution in [0.4, 0.5) is 0 Å². The molecule has 0 rings (SSSR count). The number of esters is 1. The van der Waals surface area contributed by atoms with E-state index in [1.165, 1.54) is 11.8 Å². The van der Waals surface area contributed by atoms with Crippen LogP contribution in [-0.2, 0) is 19.1 Å². The van der Waals surface area contributed by atoms with Gasteiger partial charge in [0.05, 0.1) is 13.0 Å². The molecule has 0 aromatic heterocycles. The van der Waals surface area contributed by atoms with Crippen molar-refractivity contribution in [2.45, 2.75) is 20.3 Å². The maximum absolute atomic E-state index is 11.3. The summed E-state index contributed by atoms with van der Waals surface area (Å²) in [7, 11) is 1.56. The molecule has 0 aliphatic rings. The summed E-state index contributed by atoms with van der Waals surface area (Å²) in [5.41, 5.74) is 0.317. The molecule has 5 nitrogen and oxygen atoms in total. The maximum Gasteiger partial charge on any atom is 0.333 e. The molecule has 5 heteroatoms. The molecule has 0 aromatic carbocycles. The van der Waals surface area contributed by atoms with E-state index in [1.54, 1.807) is 14.0 Å². The van der Waals surface area contributed by atoms with Crippen molar-refractivity contribution < 1.29 is 19.1 Å². The molecule has 0 aliphatic heterocycles. The van der Waals surface area contributed by atoms with E-state index in [9.17, 15) is 14.4 Å². The van der Waals surface area contributed by atoms with Gasteiger partial charge >= 0.3 is 5.97 Å². The lowest BCUT2D eigenvalue weighted by Gasteiger charge is -2.16. The van der Waals surface area contributed by atoms with Crippen LogP contribution in [-0.4, -0.2) is 42.8 Å². The molecule has 0 N–H and O–H groups in total. The second-order valence-electron chi connectivity index (χ2n) is 3.61. The van der Waals surface area contributed by atoms with Crippen molar-refractivity contribution in [3.05, 3.63) is 12.2 Å². The minimum atomic E-state index is -0.479. The molecule has 0 atom stereocenters.